The largest absolute Gasteiger partial charge is 0.508 e. The van der Waals surface area contributed by atoms with E-state index in [1.54, 1.807) is 54.6 Å². The van der Waals surface area contributed by atoms with Crippen LogP contribution in [0.1, 0.15) is 42.3 Å². The van der Waals surface area contributed by atoms with Crippen LogP contribution in [0.4, 0.5) is 0 Å². The number of fused-ring (bicyclic) bond motifs is 3. The van der Waals surface area contributed by atoms with Crippen molar-refractivity contribution < 1.29 is 23.1 Å². The molecule has 0 saturated carbocycles. The molecule has 0 atom stereocenters. The topological polar surface area (TPSA) is 101 Å². The quantitative estimate of drug-likeness (QED) is 0.222. The molecular formula is C33H25NO5S2. The summed E-state index contributed by atoms with van der Waals surface area (Å²) in [6, 6.07) is 27.8. The van der Waals surface area contributed by atoms with Gasteiger partial charge in [-0.25, -0.2) is 8.42 Å². The molecule has 0 bridgehead atoms. The molecule has 6 nitrogen and oxygen atoms in total. The van der Waals surface area contributed by atoms with Crippen molar-refractivity contribution in [1.29, 1.82) is 0 Å². The maximum atomic E-state index is 13.4. The van der Waals surface area contributed by atoms with Crippen LogP contribution >= 0.6 is 11.3 Å². The van der Waals surface area contributed by atoms with Gasteiger partial charge in [-0.2, -0.15) is 0 Å². The molecule has 5 aromatic rings. The number of thiophene rings is 1. The van der Waals surface area contributed by atoms with Gasteiger partial charge in [-0.05, 0) is 65.6 Å². The second-order valence-electron chi connectivity index (χ2n) is 10.0. The van der Waals surface area contributed by atoms with Crippen molar-refractivity contribution in [3.05, 3.63) is 130 Å². The van der Waals surface area contributed by atoms with Crippen LogP contribution in [0.5, 0.6) is 5.75 Å². The van der Waals surface area contributed by atoms with Gasteiger partial charge in [-0.15, -0.1) is 11.3 Å². The van der Waals surface area contributed by atoms with Gasteiger partial charge in [-0.1, -0.05) is 66.2 Å². The molecule has 1 aliphatic rings. The number of sulfone groups is 1. The van der Waals surface area contributed by atoms with E-state index in [-0.39, 0.29) is 28.1 Å². The molecule has 4 aromatic carbocycles. The Labute approximate surface area is 241 Å². The summed E-state index contributed by atoms with van der Waals surface area (Å²) >= 11 is 1.28. The molecule has 0 spiro atoms. The third-order valence-electron chi connectivity index (χ3n) is 7.13. The fourth-order valence-corrected chi connectivity index (χ4v) is 7.87. The highest BCUT2D eigenvalue weighted by Gasteiger charge is 2.31. The van der Waals surface area contributed by atoms with Gasteiger partial charge >= 0.3 is 0 Å². The second kappa shape index (κ2) is 10.5. The molecule has 0 aliphatic carbocycles. The zero-order valence-corrected chi connectivity index (χ0v) is 23.7. The summed E-state index contributed by atoms with van der Waals surface area (Å²) in [6.07, 6.45) is 0. The standard InChI is InChI=1S/C33H25NO5S2/c1-20-6-8-21(9-7-20)18-34-33(37)29-16-24-19-41(38,39)30-17-23(12-15-28(30)32(24)40-29)26-4-2-3-5-27(26)31(36)22-10-13-25(35)14-11-22/h2-17,35H,18-19H2,1H3,(H,34,37). The van der Waals surface area contributed by atoms with Crippen LogP contribution in [-0.4, -0.2) is 25.2 Å². The van der Waals surface area contributed by atoms with Crippen molar-refractivity contribution in [2.24, 2.45) is 0 Å². The van der Waals surface area contributed by atoms with E-state index in [9.17, 15) is 23.1 Å². The highest BCUT2D eigenvalue weighted by molar-refractivity contribution is 7.91. The van der Waals surface area contributed by atoms with Crippen molar-refractivity contribution in [2.45, 2.75) is 24.1 Å². The number of aromatic hydroxyl groups is 1. The first-order valence-electron chi connectivity index (χ1n) is 13.0. The van der Waals surface area contributed by atoms with Crippen molar-refractivity contribution in [2.75, 3.05) is 0 Å². The minimum atomic E-state index is -3.69. The van der Waals surface area contributed by atoms with Gasteiger partial charge in [-0.3, -0.25) is 9.59 Å². The Morgan fingerprint density at radius 2 is 1.61 bits per heavy atom. The number of carbonyl (C=O) groups excluding carboxylic acids is 2. The van der Waals surface area contributed by atoms with Gasteiger partial charge < -0.3 is 10.4 Å². The second-order valence-corrected chi connectivity index (χ2v) is 13.0. The Hall–Kier alpha value is -4.53. The lowest BCUT2D eigenvalue weighted by molar-refractivity contribution is 0.0954. The number of rotatable bonds is 6. The fraction of sp³-hybridized carbons (Fsp3) is 0.0909. The van der Waals surface area contributed by atoms with E-state index in [1.165, 1.54) is 23.5 Å². The number of ketones is 1. The van der Waals surface area contributed by atoms with E-state index in [4.69, 9.17) is 0 Å². The van der Waals surface area contributed by atoms with Crippen LogP contribution in [0.25, 0.3) is 21.6 Å². The summed E-state index contributed by atoms with van der Waals surface area (Å²) in [4.78, 5) is 27.7. The number of amides is 1. The average molecular weight is 580 g/mol. The minimum Gasteiger partial charge on any atom is -0.508 e. The van der Waals surface area contributed by atoms with Gasteiger partial charge in [0, 0.05) is 28.1 Å². The van der Waals surface area contributed by atoms with E-state index in [0.29, 0.717) is 44.8 Å². The molecule has 0 radical (unpaired) electrons. The van der Waals surface area contributed by atoms with E-state index in [1.807, 2.05) is 37.3 Å². The molecule has 204 valence electrons. The maximum Gasteiger partial charge on any atom is 0.261 e. The maximum absolute atomic E-state index is 13.4. The molecule has 0 unspecified atom stereocenters. The number of benzene rings is 4. The molecule has 2 N–H and O–H groups in total. The smallest absolute Gasteiger partial charge is 0.261 e. The molecule has 41 heavy (non-hydrogen) atoms. The average Bonchev–Trinajstić information content (AvgIpc) is 3.40. The first-order chi connectivity index (χ1) is 19.7. The Kier molecular flexibility index (Phi) is 6.81. The number of phenols is 1. The monoisotopic (exact) mass is 579 g/mol. The fourth-order valence-electron chi connectivity index (χ4n) is 4.97. The normalized spacial score (nSPS) is 13.2. The molecule has 2 heterocycles. The summed E-state index contributed by atoms with van der Waals surface area (Å²) < 4.78 is 26.8. The van der Waals surface area contributed by atoms with Crippen molar-refractivity contribution in [3.8, 4) is 27.3 Å². The molecule has 1 aliphatic heterocycles. The van der Waals surface area contributed by atoms with Crippen LogP contribution in [0.15, 0.2) is 102 Å². The third-order valence-corrected chi connectivity index (χ3v) is 10.0. The number of hydrogen-bond acceptors (Lipinski definition) is 6. The van der Waals surface area contributed by atoms with Gasteiger partial charge in [0.05, 0.1) is 15.5 Å². The molecule has 1 amide bonds. The Morgan fingerprint density at radius 1 is 0.878 bits per heavy atom. The van der Waals surface area contributed by atoms with E-state index in [2.05, 4.69) is 5.32 Å². The summed E-state index contributed by atoms with van der Waals surface area (Å²) in [7, 11) is -3.69. The first kappa shape index (κ1) is 26.7. The van der Waals surface area contributed by atoms with Gasteiger partial charge in [0.1, 0.15) is 5.75 Å². The van der Waals surface area contributed by atoms with Gasteiger partial charge in [0.2, 0.25) is 0 Å². The molecular weight excluding hydrogens is 554 g/mol. The first-order valence-corrected chi connectivity index (χ1v) is 15.4. The van der Waals surface area contributed by atoms with Gasteiger partial charge in [0.25, 0.3) is 5.91 Å². The van der Waals surface area contributed by atoms with Gasteiger partial charge in [0.15, 0.2) is 15.6 Å². The number of phenolic OH excluding ortho intramolecular Hbond substituents is 1. The highest BCUT2D eigenvalue weighted by Crippen LogP contribution is 2.44. The Morgan fingerprint density at radius 3 is 2.37 bits per heavy atom. The van der Waals surface area contributed by atoms with Crippen LogP contribution in [0.3, 0.4) is 0 Å². The number of aryl methyl sites for hydroxylation is 1. The van der Waals surface area contributed by atoms with E-state index in [0.717, 1.165) is 16.0 Å². The lowest BCUT2D eigenvalue weighted by atomic mass is 9.93. The molecule has 0 saturated heterocycles. The molecule has 1 aromatic heterocycles. The predicted octanol–water partition coefficient (Wildman–Crippen LogP) is 6.54. The summed E-state index contributed by atoms with van der Waals surface area (Å²) in [5.41, 5.74) is 5.34. The number of carbonyl (C=O) groups is 2. The number of nitrogens with one attached hydrogen (secondary N) is 1. The molecule has 0 fully saturated rings. The zero-order valence-electron chi connectivity index (χ0n) is 22.0. The predicted molar refractivity (Wildman–Crippen MR) is 160 cm³/mol. The van der Waals surface area contributed by atoms with Crippen molar-refractivity contribution in [1.82, 2.24) is 5.32 Å². The Bertz CT molecular complexity index is 1920. The SMILES string of the molecule is Cc1ccc(CNC(=O)c2cc3c(s2)-c2ccc(-c4ccccc4C(=O)c4ccc(O)cc4)cc2S(=O)(=O)C3)cc1. The van der Waals surface area contributed by atoms with Crippen molar-refractivity contribution >= 4 is 32.9 Å². The lowest BCUT2D eigenvalue weighted by Gasteiger charge is -2.18. The van der Waals surface area contributed by atoms with Crippen LogP contribution < -0.4 is 5.32 Å². The van der Waals surface area contributed by atoms with Crippen molar-refractivity contribution in [3.63, 3.8) is 0 Å². The Balaban J connectivity index is 1.33. The molecule has 8 heteroatoms. The summed E-state index contributed by atoms with van der Waals surface area (Å²) in [6.45, 7) is 2.38. The minimum absolute atomic E-state index is 0.0644. The lowest BCUT2D eigenvalue weighted by Crippen LogP contribution is -2.21. The summed E-state index contributed by atoms with van der Waals surface area (Å²) in [5, 5.41) is 12.5. The number of hydrogen-bond donors (Lipinski definition) is 2. The highest BCUT2D eigenvalue weighted by atomic mass is 32.2. The van der Waals surface area contributed by atoms with E-state index < -0.39 is 9.84 Å². The third kappa shape index (κ3) is 5.19. The zero-order chi connectivity index (χ0) is 28.7. The van der Waals surface area contributed by atoms with Crippen LogP contribution in [0, 0.1) is 6.92 Å². The van der Waals surface area contributed by atoms with E-state index >= 15 is 0 Å². The summed E-state index contributed by atoms with van der Waals surface area (Å²) in [5.74, 6) is -0.617. The van der Waals surface area contributed by atoms with Crippen LogP contribution in [-0.2, 0) is 22.1 Å². The van der Waals surface area contributed by atoms with Crippen LogP contribution in [0.2, 0.25) is 0 Å². The molecule has 6 rings (SSSR count).